The maximum Gasteiger partial charge on any atom is 0.239 e. The Morgan fingerprint density at radius 3 is 3.00 bits per heavy atom. The van der Waals surface area contributed by atoms with E-state index in [4.69, 9.17) is 5.73 Å². The second-order valence-corrected chi connectivity index (χ2v) is 2.75. The molecule has 0 bridgehead atoms. The van der Waals surface area contributed by atoms with E-state index in [1.54, 1.807) is 0 Å². The largest absolute Gasteiger partial charge is 0.368 e. The molecule has 4 nitrogen and oxygen atoms in total. The standard InChI is InChI=1S/C9H8N3O/c10-9(13)6-12-5-7-3-1-2-4-8(7)11-12/h1-4H,6H2,(H2,10,13). The summed E-state index contributed by atoms with van der Waals surface area (Å²) in [6, 6.07) is 7.54. The molecule has 0 fully saturated rings. The van der Waals surface area contributed by atoms with Crippen molar-refractivity contribution in [1.29, 1.82) is 0 Å². The number of rotatable bonds is 2. The van der Waals surface area contributed by atoms with Crippen molar-refractivity contribution in [3.63, 3.8) is 0 Å². The Balaban J connectivity index is 2.44. The first-order valence-corrected chi connectivity index (χ1v) is 3.89. The average Bonchev–Trinajstić information content (AvgIpc) is 2.44. The summed E-state index contributed by atoms with van der Waals surface area (Å²) in [6.07, 6.45) is 2.93. The zero-order valence-corrected chi connectivity index (χ0v) is 6.90. The topological polar surface area (TPSA) is 60.9 Å². The SMILES string of the molecule is NC(=O)Cn1[c]c2ccccc2n1. The molecular weight excluding hydrogens is 166 g/mol. The van der Waals surface area contributed by atoms with E-state index < -0.39 is 5.91 Å². The van der Waals surface area contributed by atoms with Gasteiger partial charge in [-0.1, -0.05) is 18.2 Å². The minimum absolute atomic E-state index is 0.0781. The van der Waals surface area contributed by atoms with Gasteiger partial charge in [-0.05, 0) is 6.07 Å². The van der Waals surface area contributed by atoms with Crippen molar-refractivity contribution >= 4 is 16.8 Å². The first-order chi connectivity index (χ1) is 6.25. The molecule has 1 aromatic carbocycles. The summed E-state index contributed by atoms with van der Waals surface area (Å²) >= 11 is 0. The molecule has 0 spiro atoms. The number of hydrogen-bond acceptors (Lipinski definition) is 2. The van der Waals surface area contributed by atoms with Gasteiger partial charge < -0.3 is 5.73 Å². The number of benzene rings is 1. The van der Waals surface area contributed by atoms with E-state index >= 15 is 0 Å². The maximum absolute atomic E-state index is 10.6. The zero-order chi connectivity index (χ0) is 9.26. The van der Waals surface area contributed by atoms with Crippen LogP contribution in [0.1, 0.15) is 0 Å². The van der Waals surface area contributed by atoms with Gasteiger partial charge in [0.1, 0.15) is 6.54 Å². The Kier molecular flexibility index (Phi) is 1.73. The van der Waals surface area contributed by atoms with Crippen LogP contribution in [0.15, 0.2) is 24.3 Å². The normalized spacial score (nSPS) is 10.5. The molecule has 1 aromatic heterocycles. The molecule has 0 aliphatic heterocycles. The van der Waals surface area contributed by atoms with Gasteiger partial charge in [0.25, 0.3) is 0 Å². The second-order valence-electron chi connectivity index (χ2n) is 2.75. The van der Waals surface area contributed by atoms with Crippen molar-refractivity contribution in [2.45, 2.75) is 6.54 Å². The van der Waals surface area contributed by atoms with Gasteiger partial charge in [-0.3, -0.25) is 9.48 Å². The van der Waals surface area contributed by atoms with Crippen molar-refractivity contribution in [3.8, 4) is 0 Å². The van der Waals surface area contributed by atoms with E-state index in [2.05, 4.69) is 11.3 Å². The lowest BCUT2D eigenvalue weighted by Gasteiger charge is -1.92. The summed E-state index contributed by atoms with van der Waals surface area (Å²) in [5.74, 6) is -0.413. The van der Waals surface area contributed by atoms with E-state index in [-0.39, 0.29) is 6.54 Å². The molecule has 2 aromatic rings. The van der Waals surface area contributed by atoms with Crippen LogP contribution >= 0.6 is 0 Å². The number of nitrogens with two attached hydrogens (primary N) is 1. The van der Waals surface area contributed by atoms with E-state index in [0.717, 1.165) is 10.9 Å². The molecule has 13 heavy (non-hydrogen) atoms. The van der Waals surface area contributed by atoms with Crippen LogP contribution in [0.25, 0.3) is 10.9 Å². The molecule has 65 valence electrons. The monoisotopic (exact) mass is 174 g/mol. The third-order valence-electron chi connectivity index (χ3n) is 1.69. The second kappa shape index (κ2) is 2.90. The quantitative estimate of drug-likeness (QED) is 0.712. The fourth-order valence-corrected chi connectivity index (χ4v) is 1.17. The van der Waals surface area contributed by atoms with Crippen LogP contribution in [0.2, 0.25) is 0 Å². The number of amides is 1. The summed E-state index contributed by atoms with van der Waals surface area (Å²) in [5.41, 5.74) is 5.85. The van der Waals surface area contributed by atoms with Gasteiger partial charge in [0.2, 0.25) is 5.91 Å². The van der Waals surface area contributed by atoms with Crippen LogP contribution < -0.4 is 5.73 Å². The number of carbonyl (C=O) groups is 1. The van der Waals surface area contributed by atoms with Crippen LogP contribution in [0.5, 0.6) is 0 Å². The van der Waals surface area contributed by atoms with Gasteiger partial charge in [-0.25, -0.2) is 0 Å². The summed E-state index contributed by atoms with van der Waals surface area (Å²) in [5, 5.41) is 5.01. The number of aromatic nitrogens is 2. The Labute approximate surface area is 75.0 Å². The lowest BCUT2D eigenvalue weighted by atomic mass is 10.3. The van der Waals surface area contributed by atoms with Gasteiger partial charge in [-0.15, -0.1) is 0 Å². The Morgan fingerprint density at radius 2 is 2.31 bits per heavy atom. The fraction of sp³-hybridized carbons (Fsp3) is 0.111. The van der Waals surface area contributed by atoms with Crippen LogP contribution in [0.4, 0.5) is 0 Å². The molecule has 0 saturated heterocycles. The number of fused-ring (bicyclic) bond motifs is 1. The highest BCUT2D eigenvalue weighted by atomic mass is 16.1. The van der Waals surface area contributed by atoms with Gasteiger partial charge in [0.05, 0.1) is 11.7 Å². The van der Waals surface area contributed by atoms with Crippen molar-refractivity contribution in [2.24, 2.45) is 5.73 Å². The molecule has 0 aliphatic carbocycles. The van der Waals surface area contributed by atoms with Gasteiger partial charge in [0, 0.05) is 5.39 Å². The van der Waals surface area contributed by atoms with Gasteiger partial charge in [0.15, 0.2) is 0 Å². The molecule has 2 rings (SSSR count). The highest BCUT2D eigenvalue weighted by molar-refractivity contribution is 5.78. The van der Waals surface area contributed by atoms with E-state index in [1.807, 2.05) is 24.3 Å². The molecule has 1 radical (unpaired) electrons. The van der Waals surface area contributed by atoms with Crippen molar-refractivity contribution in [1.82, 2.24) is 9.78 Å². The molecule has 1 amide bonds. The molecule has 1 heterocycles. The predicted octanol–water partition coefficient (Wildman–Crippen LogP) is 0.322. The van der Waals surface area contributed by atoms with E-state index in [9.17, 15) is 4.79 Å². The van der Waals surface area contributed by atoms with E-state index in [1.165, 1.54) is 4.68 Å². The Hall–Kier alpha value is -1.84. The highest BCUT2D eigenvalue weighted by Gasteiger charge is 2.01. The minimum atomic E-state index is -0.413. The molecule has 0 saturated carbocycles. The maximum atomic E-state index is 10.6. The van der Waals surface area contributed by atoms with Crippen molar-refractivity contribution in [2.75, 3.05) is 0 Å². The molecular formula is C9H8N3O. The third kappa shape index (κ3) is 1.51. The summed E-state index contributed by atoms with van der Waals surface area (Å²) in [6.45, 7) is 0.0781. The van der Waals surface area contributed by atoms with Gasteiger partial charge >= 0.3 is 0 Å². The first-order valence-electron chi connectivity index (χ1n) is 3.89. The smallest absolute Gasteiger partial charge is 0.239 e. The van der Waals surface area contributed by atoms with Crippen molar-refractivity contribution in [3.05, 3.63) is 30.5 Å². The van der Waals surface area contributed by atoms with Gasteiger partial charge in [-0.2, -0.15) is 5.10 Å². The Bertz CT molecular complexity index is 414. The van der Waals surface area contributed by atoms with Crippen LogP contribution in [0.3, 0.4) is 0 Å². The van der Waals surface area contributed by atoms with Crippen LogP contribution in [-0.4, -0.2) is 15.7 Å². The number of hydrogen-bond donors (Lipinski definition) is 1. The summed E-state index contributed by atoms with van der Waals surface area (Å²) in [4.78, 5) is 10.6. The molecule has 2 N–H and O–H groups in total. The first kappa shape index (κ1) is 7.79. The Morgan fingerprint density at radius 1 is 1.54 bits per heavy atom. The fourth-order valence-electron chi connectivity index (χ4n) is 1.17. The molecule has 0 unspecified atom stereocenters. The van der Waals surface area contributed by atoms with Crippen LogP contribution in [-0.2, 0) is 11.3 Å². The number of carbonyl (C=O) groups excluding carboxylic acids is 1. The minimum Gasteiger partial charge on any atom is -0.368 e. The summed E-state index contributed by atoms with van der Waals surface area (Å²) in [7, 11) is 0. The van der Waals surface area contributed by atoms with Crippen LogP contribution in [0, 0.1) is 6.20 Å². The molecule has 0 atom stereocenters. The number of nitrogens with zero attached hydrogens (tertiary/aromatic N) is 2. The van der Waals surface area contributed by atoms with E-state index in [0.29, 0.717) is 0 Å². The highest BCUT2D eigenvalue weighted by Crippen LogP contribution is 2.09. The molecule has 0 aliphatic rings. The van der Waals surface area contributed by atoms with Crippen molar-refractivity contribution < 1.29 is 4.79 Å². The summed E-state index contributed by atoms with van der Waals surface area (Å²) < 4.78 is 1.42. The average molecular weight is 174 g/mol. The zero-order valence-electron chi connectivity index (χ0n) is 6.90. The molecule has 4 heteroatoms. The predicted molar refractivity (Wildman–Crippen MR) is 47.8 cm³/mol. The lowest BCUT2D eigenvalue weighted by Crippen LogP contribution is -2.18. The lowest BCUT2D eigenvalue weighted by molar-refractivity contribution is -0.118. The third-order valence-corrected chi connectivity index (χ3v) is 1.69. The number of primary amides is 1.